The van der Waals surface area contributed by atoms with E-state index in [-0.39, 0.29) is 0 Å². The number of piperidine rings is 1. The van der Waals surface area contributed by atoms with E-state index in [2.05, 4.69) is 29.4 Å². The molecule has 1 aromatic heterocycles. The van der Waals surface area contributed by atoms with Crippen LogP contribution in [0.3, 0.4) is 0 Å². The van der Waals surface area contributed by atoms with Crippen LogP contribution in [0, 0.1) is 0 Å². The number of fused-ring (bicyclic) bond motifs is 1. The summed E-state index contributed by atoms with van der Waals surface area (Å²) in [5.74, 6) is 2.93. The smallest absolute Gasteiger partial charge is 0.225 e. The van der Waals surface area contributed by atoms with E-state index in [0.717, 1.165) is 42.7 Å². The van der Waals surface area contributed by atoms with Crippen molar-refractivity contribution in [1.82, 2.24) is 14.9 Å². The molecule has 0 bridgehead atoms. The molecule has 28 heavy (non-hydrogen) atoms. The zero-order valence-corrected chi connectivity index (χ0v) is 17.3. The van der Waals surface area contributed by atoms with Gasteiger partial charge in [-0.1, -0.05) is 0 Å². The Hall–Kier alpha value is -2.28. The summed E-state index contributed by atoms with van der Waals surface area (Å²) in [5.41, 5.74) is 0.859. The van der Waals surface area contributed by atoms with Gasteiger partial charge < -0.3 is 25.0 Å². The zero-order chi connectivity index (χ0) is 19.7. The molecule has 0 unspecified atom stereocenters. The molecule has 1 saturated heterocycles. The summed E-state index contributed by atoms with van der Waals surface area (Å²) in [7, 11) is 3.30. The van der Waals surface area contributed by atoms with Gasteiger partial charge in [-0.05, 0) is 45.6 Å². The molecule has 1 saturated carbocycles. The molecule has 2 N–H and O–H groups in total. The fraction of sp³-hybridized carbons (Fsp3) is 0.619. The topological polar surface area (TPSA) is 71.5 Å². The second-order valence-electron chi connectivity index (χ2n) is 8.09. The number of methoxy groups -OCH3 is 2. The minimum Gasteiger partial charge on any atom is -0.493 e. The van der Waals surface area contributed by atoms with Crippen molar-refractivity contribution in [3.63, 3.8) is 0 Å². The van der Waals surface area contributed by atoms with Crippen LogP contribution in [-0.4, -0.2) is 60.3 Å². The minimum absolute atomic E-state index is 0.412. The lowest BCUT2D eigenvalue weighted by atomic mass is 10.0. The van der Waals surface area contributed by atoms with Gasteiger partial charge >= 0.3 is 0 Å². The molecule has 7 nitrogen and oxygen atoms in total. The number of rotatable bonds is 7. The summed E-state index contributed by atoms with van der Waals surface area (Å²) in [4.78, 5) is 12.1. The molecule has 7 heteroatoms. The average Bonchev–Trinajstić information content (AvgIpc) is 3.51. The first-order valence-electron chi connectivity index (χ1n) is 10.3. The van der Waals surface area contributed by atoms with Crippen LogP contribution >= 0.6 is 0 Å². The van der Waals surface area contributed by atoms with Crippen LogP contribution < -0.4 is 20.1 Å². The molecule has 2 aliphatic rings. The highest BCUT2D eigenvalue weighted by atomic mass is 16.5. The second-order valence-corrected chi connectivity index (χ2v) is 8.09. The largest absolute Gasteiger partial charge is 0.493 e. The van der Waals surface area contributed by atoms with Crippen LogP contribution in [0.1, 0.15) is 39.5 Å². The first-order chi connectivity index (χ1) is 13.6. The monoisotopic (exact) mass is 385 g/mol. The summed E-state index contributed by atoms with van der Waals surface area (Å²) >= 11 is 0. The van der Waals surface area contributed by atoms with Gasteiger partial charge in [0.25, 0.3) is 0 Å². The Kier molecular flexibility index (Phi) is 5.44. The van der Waals surface area contributed by atoms with E-state index in [1.54, 1.807) is 14.2 Å². The van der Waals surface area contributed by atoms with E-state index in [0.29, 0.717) is 35.6 Å². The van der Waals surface area contributed by atoms with Crippen molar-refractivity contribution < 1.29 is 9.47 Å². The molecule has 1 aliphatic carbocycles. The highest BCUT2D eigenvalue weighted by Crippen LogP contribution is 2.36. The van der Waals surface area contributed by atoms with Crippen LogP contribution in [0.25, 0.3) is 10.9 Å². The van der Waals surface area contributed by atoms with Crippen molar-refractivity contribution in [2.24, 2.45) is 0 Å². The standard InChI is InChI=1S/C21H31N5O2/c1-13(2)26-9-7-15(8-10-26)22-20-16-11-18(27-3)19(28-4)12-17(16)24-21(25-20)23-14-5-6-14/h11-15H,5-10H2,1-4H3,(H2,22,23,24,25). The summed E-state index contributed by atoms with van der Waals surface area (Å²) in [5, 5.41) is 8.09. The lowest BCUT2D eigenvalue weighted by Gasteiger charge is -2.35. The predicted molar refractivity (Wildman–Crippen MR) is 113 cm³/mol. The molecule has 0 amide bonds. The van der Waals surface area contributed by atoms with Gasteiger partial charge in [0, 0.05) is 42.7 Å². The van der Waals surface area contributed by atoms with E-state index >= 15 is 0 Å². The van der Waals surface area contributed by atoms with Gasteiger partial charge in [0.1, 0.15) is 5.82 Å². The van der Waals surface area contributed by atoms with Crippen molar-refractivity contribution in [3.05, 3.63) is 12.1 Å². The van der Waals surface area contributed by atoms with Crippen molar-refractivity contribution in [2.45, 2.75) is 57.7 Å². The quantitative estimate of drug-likeness (QED) is 0.756. The first-order valence-corrected chi connectivity index (χ1v) is 10.3. The number of aromatic nitrogens is 2. The molecule has 2 aromatic rings. The molecule has 0 atom stereocenters. The number of nitrogens with one attached hydrogen (secondary N) is 2. The van der Waals surface area contributed by atoms with Crippen LogP contribution in [0.15, 0.2) is 12.1 Å². The van der Waals surface area contributed by atoms with Crippen LogP contribution in [0.2, 0.25) is 0 Å². The molecular formula is C21H31N5O2. The van der Waals surface area contributed by atoms with Crippen LogP contribution in [-0.2, 0) is 0 Å². The normalized spacial score (nSPS) is 18.5. The van der Waals surface area contributed by atoms with Crippen molar-refractivity contribution in [2.75, 3.05) is 37.9 Å². The fourth-order valence-corrected chi connectivity index (χ4v) is 3.79. The SMILES string of the molecule is COc1cc2nc(NC3CC3)nc(NC3CCN(C(C)C)CC3)c2cc1OC. The number of hydrogen-bond acceptors (Lipinski definition) is 7. The summed E-state index contributed by atoms with van der Waals surface area (Å²) in [6, 6.07) is 5.42. The van der Waals surface area contributed by atoms with Gasteiger partial charge in [0.2, 0.25) is 5.95 Å². The molecular weight excluding hydrogens is 354 g/mol. The average molecular weight is 386 g/mol. The van der Waals surface area contributed by atoms with E-state index in [9.17, 15) is 0 Å². The summed E-state index contributed by atoms with van der Waals surface area (Å²) in [6.45, 7) is 6.76. The summed E-state index contributed by atoms with van der Waals surface area (Å²) < 4.78 is 11.0. The molecule has 1 aromatic carbocycles. The molecule has 1 aliphatic heterocycles. The number of benzene rings is 1. The fourth-order valence-electron chi connectivity index (χ4n) is 3.79. The predicted octanol–water partition coefficient (Wildman–Crippen LogP) is 3.51. The number of ether oxygens (including phenoxy) is 2. The van der Waals surface area contributed by atoms with E-state index in [1.807, 2.05) is 12.1 Å². The molecule has 152 valence electrons. The molecule has 2 fully saturated rings. The maximum Gasteiger partial charge on any atom is 0.225 e. The maximum absolute atomic E-state index is 5.50. The third-order valence-electron chi connectivity index (χ3n) is 5.71. The third-order valence-corrected chi connectivity index (χ3v) is 5.71. The Balaban J connectivity index is 1.64. The Bertz CT molecular complexity index is 829. The van der Waals surface area contributed by atoms with Gasteiger partial charge in [0.05, 0.1) is 19.7 Å². The first kappa shape index (κ1) is 19.1. The highest BCUT2D eigenvalue weighted by Gasteiger charge is 2.25. The zero-order valence-electron chi connectivity index (χ0n) is 17.3. The highest BCUT2D eigenvalue weighted by molar-refractivity contribution is 5.92. The summed E-state index contributed by atoms with van der Waals surface area (Å²) in [6.07, 6.45) is 4.60. The second kappa shape index (κ2) is 7.99. The van der Waals surface area contributed by atoms with E-state index in [4.69, 9.17) is 19.4 Å². The maximum atomic E-state index is 5.50. The van der Waals surface area contributed by atoms with Gasteiger partial charge in [-0.15, -0.1) is 0 Å². The number of hydrogen-bond donors (Lipinski definition) is 2. The van der Waals surface area contributed by atoms with Crippen LogP contribution in [0.4, 0.5) is 11.8 Å². The van der Waals surface area contributed by atoms with Crippen molar-refractivity contribution in [3.8, 4) is 11.5 Å². The van der Waals surface area contributed by atoms with Crippen LogP contribution in [0.5, 0.6) is 11.5 Å². The Morgan fingerprint density at radius 1 is 0.929 bits per heavy atom. The third kappa shape index (κ3) is 4.09. The van der Waals surface area contributed by atoms with Gasteiger partial charge in [-0.3, -0.25) is 0 Å². The molecule has 0 radical (unpaired) electrons. The van der Waals surface area contributed by atoms with E-state index < -0.39 is 0 Å². The minimum atomic E-state index is 0.412. The van der Waals surface area contributed by atoms with E-state index in [1.165, 1.54) is 12.8 Å². The number of anilines is 2. The molecule has 4 rings (SSSR count). The van der Waals surface area contributed by atoms with Gasteiger partial charge in [-0.2, -0.15) is 4.98 Å². The molecule has 0 spiro atoms. The Morgan fingerprint density at radius 2 is 1.57 bits per heavy atom. The number of likely N-dealkylation sites (tertiary alicyclic amines) is 1. The molecule has 2 heterocycles. The Labute approximate surface area is 166 Å². The van der Waals surface area contributed by atoms with Gasteiger partial charge in [-0.25, -0.2) is 4.98 Å². The Morgan fingerprint density at radius 3 is 2.18 bits per heavy atom. The lowest BCUT2D eigenvalue weighted by Crippen LogP contribution is -2.42. The number of nitrogens with zero attached hydrogens (tertiary/aromatic N) is 3. The lowest BCUT2D eigenvalue weighted by molar-refractivity contribution is 0.177. The van der Waals surface area contributed by atoms with Gasteiger partial charge in [0.15, 0.2) is 11.5 Å². The van der Waals surface area contributed by atoms with Crippen molar-refractivity contribution in [1.29, 1.82) is 0 Å². The van der Waals surface area contributed by atoms with Crippen molar-refractivity contribution >= 4 is 22.7 Å².